The number of carbonyl (C=O) groups excluding carboxylic acids is 1. The van der Waals surface area contributed by atoms with E-state index in [1.165, 1.54) is 0 Å². The number of rotatable bonds is 10. The Kier molecular flexibility index (Phi) is 8.62. The molecule has 3 N–H and O–H groups in total. The number of carbonyl (C=O) groups is 1. The molecular weight excluding hydrogens is 256 g/mol. The molecule has 0 radical (unpaired) electrons. The summed E-state index contributed by atoms with van der Waals surface area (Å²) in [4.78, 5) is 11.2. The minimum absolute atomic E-state index is 0.0180. The second-order valence-corrected chi connectivity index (χ2v) is 4.47. The summed E-state index contributed by atoms with van der Waals surface area (Å²) < 4.78 is 10.9. The van der Waals surface area contributed by atoms with E-state index >= 15 is 0 Å². The molecule has 0 aliphatic carbocycles. The number of hydrogen-bond acceptors (Lipinski definition) is 4. The van der Waals surface area contributed by atoms with E-state index in [2.05, 4.69) is 12.2 Å². The summed E-state index contributed by atoms with van der Waals surface area (Å²) in [5, 5.41) is 2.71. The Bertz CT molecular complexity index is 396. The minimum Gasteiger partial charge on any atom is -0.379 e. The van der Waals surface area contributed by atoms with Gasteiger partial charge < -0.3 is 20.5 Å². The van der Waals surface area contributed by atoms with Crippen LogP contribution in [0.2, 0.25) is 0 Å². The second kappa shape index (κ2) is 10.4. The van der Waals surface area contributed by atoms with Gasteiger partial charge in [0.1, 0.15) is 0 Å². The lowest BCUT2D eigenvalue weighted by Gasteiger charge is -2.08. The van der Waals surface area contributed by atoms with Gasteiger partial charge in [-0.1, -0.05) is 25.5 Å². The lowest BCUT2D eigenvalue weighted by Crippen LogP contribution is -2.21. The van der Waals surface area contributed by atoms with Crippen LogP contribution >= 0.6 is 0 Å². The quantitative estimate of drug-likeness (QED) is 0.642. The normalized spacial score (nSPS) is 10.5. The van der Waals surface area contributed by atoms with Crippen molar-refractivity contribution in [1.82, 2.24) is 0 Å². The SMILES string of the molecule is CCCCOCCOCc1cccc(NC(=O)CN)c1. The van der Waals surface area contributed by atoms with Gasteiger partial charge in [0.2, 0.25) is 5.91 Å². The minimum atomic E-state index is -0.201. The van der Waals surface area contributed by atoms with Crippen molar-refractivity contribution in [3.8, 4) is 0 Å². The van der Waals surface area contributed by atoms with Crippen LogP contribution in [-0.2, 0) is 20.9 Å². The molecule has 20 heavy (non-hydrogen) atoms. The fourth-order valence-electron chi connectivity index (χ4n) is 1.61. The summed E-state index contributed by atoms with van der Waals surface area (Å²) in [6.45, 7) is 4.60. The fraction of sp³-hybridized carbons (Fsp3) is 0.533. The highest BCUT2D eigenvalue weighted by atomic mass is 16.5. The van der Waals surface area contributed by atoms with Crippen LogP contribution < -0.4 is 11.1 Å². The third kappa shape index (κ3) is 7.23. The molecule has 0 saturated heterocycles. The summed E-state index contributed by atoms with van der Waals surface area (Å²) in [6, 6.07) is 7.54. The first-order valence-electron chi connectivity index (χ1n) is 7.00. The van der Waals surface area contributed by atoms with Gasteiger partial charge in [0.15, 0.2) is 0 Å². The lowest BCUT2D eigenvalue weighted by molar-refractivity contribution is -0.114. The topological polar surface area (TPSA) is 73.6 Å². The summed E-state index contributed by atoms with van der Waals surface area (Å²) in [6.07, 6.45) is 2.23. The van der Waals surface area contributed by atoms with Crippen molar-refractivity contribution in [3.05, 3.63) is 29.8 Å². The van der Waals surface area contributed by atoms with Gasteiger partial charge in [-0.15, -0.1) is 0 Å². The standard InChI is InChI=1S/C15H24N2O3/c1-2-3-7-19-8-9-20-12-13-5-4-6-14(10-13)17-15(18)11-16/h4-6,10H,2-3,7-9,11-12,16H2,1H3,(H,17,18). The van der Waals surface area contributed by atoms with Crippen LogP contribution in [0.4, 0.5) is 5.69 Å². The highest BCUT2D eigenvalue weighted by Crippen LogP contribution is 2.11. The van der Waals surface area contributed by atoms with Crippen molar-refractivity contribution in [2.75, 3.05) is 31.7 Å². The summed E-state index contributed by atoms with van der Waals surface area (Å²) in [5.41, 5.74) is 7.00. The highest BCUT2D eigenvalue weighted by molar-refractivity contribution is 5.92. The molecule has 1 aromatic rings. The number of benzene rings is 1. The Morgan fingerprint density at radius 2 is 2.05 bits per heavy atom. The molecule has 0 saturated carbocycles. The molecular formula is C15H24N2O3. The molecule has 5 heteroatoms. The van der Waals surface area contributed by atoms with Crippen molar-refractivity contribution in [3.63, 3.8) is 0 Å². The number of anilines is 1. The average molecular weight is 280 g/mol. The van der Waals surface area contributed by atoms with Crippen LogP contribution in [0.3, 0.4) is 0 Å². The van der Waals surface area contributed by atoms with Gasteiger partial charge in [-0.2, -0.15) is 0 Å². The molecule has 0 aliphatic rings. The number of nitrogens with two attached hydrogens (primary N) is 1. The third-order valence-electron chi connectivity index (χ3n) is 2.68. The molecule has 1 aromatic carbocycles. The van der Waals surface area contributed by atoms with Gasteiger partial charge in [-0.3, -0.25) is 4.79 Å². The first-order valence-corrected chi connectivity index (χ1v) is 7.00. The first-order chi connectivity index (χ1) is 9.76. The molecule has 1 amide bonds. The maximum absolute atomic E-state index is 11.2. The molecule has 0 fully saturated rings. The predicted molar refractivity (Wildman–Crippen MR) is 79.5 cm³/mol. The lowest BCUT2D eigenvalue weighted by atomic mass is 10.2. The van der Waals surface area contributed by atoms with Crippen molar-refractivity contribution >= 4 is 11.6 Å². The Labute approximate surface area is 120 Å². The maximum atomic E-state index is 11.2. The summed E-state index contributed by atoms with van der Waals surface area (Å²) in [5.74, 6) is -0.201. The van der Waals surface area contributed by atoms with Crippen LogP contribution in [0.15, 0.2) is 24.3 Å². The first kappa shape index (κ1) is 16.6. The number of ether oxygens (including phenoxy) is 2. The van der Waals surface area contributed by atoms with E-state index in [4.69, 9.17) is 15.2 Å². The van der Waals surface area contributed by atoms with Crippen LogP contribution in [-0.4, -0.2) is 32.3 Å². The van der Waals surface area contributed by atoms with Crippen molar-refractivity contribution in [1.29, 1.82) is 0 Å². The summed E-state index contributed by atoms with van der Waals surface area (Å²) >= 11 is 0. The molecule has 5 nitrogen and oxygen atoms in total. The Hall–Kier alpha value is -1.43. The smallest absolute Gasteiger partial charge is 0.238 e. The zero-order valence-electron chi connectivity index (χ0n) is 12.1. The Morgan fingerprint density at radius 1 is 1.25 bits per heavy atom. The number of unbranched alkanes of at least 4 members (excludes halogenated alkanes) is 1. The van der Waals surface area contributed by atoms with E-state index in [0.717, 1.165) is 30.7 Å². The maximum Gasteiger partial charge on any atom is 0.238 e. The Balaban J connectivity index is 2.23. The van der Waals surface area contributed by atoms with E-state index < -0.39 is 0 Å². The van der Waals surface area contributed by atoms with E-state index in [0.29, 0.717) is 19.8 Å². The third-order valence-corrected chi connectivity index (χ3v) is 2.68. The number of nitrogens with one attached hydrogen (secondary N) is 1. The van der Waals surface area contributed by atoms with E-state index in [-0.39, 0.29) is 12.5 Å². The molecule has 0 bridgehead atoms. The highest BCUT2D eigenvalue weighted by Gasteiger charge is 2.00. The van der Waals surface area contributed by atoms with Crippen molar-refractivity contribution < 1.29 is 14.3 Å². The molecule has 1 rings (SSSR count). The van der Waals surface area contributed by atoms with Crippen LogP contribution in [0, 0.1) is 0 Å². The molecule has 0 spiro atoms. The average Bonchev–Trinajstić information content (AvgIpc) is 2.46. The monoisotopic (exact) mass is 280 g/mol. The van der Waals surface area contributed by atoms with Gasteiger partial charge >= 0.3 is 0 Å². The number of amides is 1. The van der Waals surface area contributed by atoms with E-state index in [1.54, 1.807) is 0 Å². The zero-order chi connectivity index (χ0) is 14.6. The van der Waals surface area contributed by atoms with Crippen molar-refractivity contribution in [2.24, 2.45) is 5.73 Å². The Morgan fingerprint density at radius 3 is 2.80 bits per heavy atom. The van der Waals surface area contributed by atoms with E-state index in [1.807, 2.05) is 24.3 Å². The van der Waals surface area contributed by atoms with Crippen LogP contribution in [0.1, 0.15) is 25.3 Å². The second-order valence-electron chi connectivity index (χ2n) is 4.47. The number of hydrogen-bond donors (Lipinski definition) is 2. The summed E-state index contributed by atoms with van der Waals surface area (Å²) in [7, 11) is 0. The van der Waals surface area contributed by atoms with Crippen LogP contribution in [0.5, 0.6) is 0 Å². The predicted octanol–water partition coefficient (Wildman–Crippen LogP) is 1.92. The molecule has 0 aliphatic heterocycles. The van der Waals surface area contributed by atoms with E-state index in [9.17, 15) is 4.79 Å². The van der Waals surface area contributed by atoms with Crippen molar-refractivity contribution in [2.45, 2.75) is 26.4 Å². The molecule has 0 aromatic heterocycles. The van der Waals surface area contributed by atoms with Crippen LogP contribution in [0.25, 0.3) is 0 Å². The van der Waals surface area contributed by atoms with Gasteiger partial charge in [0.25, 0.3) is 0 Å². The largest absolute Gasteiger partial charge is 0.379 e. The zero-order valence-corrected chi connectivity index (χ0v) is 12.1. The molecule has 112 valence electrons. The van der Waals surface area contributed by atoms with Gasteiger partial charge in [-0.05, 0) is 24.1 Å². The molecule has 0 unspecified atom stereocenters. The van der Waals surface area contributed by atoms with Gasteiger partial charge in [-0.25, -0.2) is 0 Å². The molecule has 0 heterocycles. The molecule has 0 atom stereocenters. The van der Waals surface area contributed by atoms with Gasteiger partial charge in [0.05, 0.1) is 26.4 Å². The fourth-order valence-corrected chi connectivity index (χ4v) is 1.61. The van der Waals surface area contributed by atoms with Gasteiger partial charge in [0, 0.05) is 12.3 Å².